The first-order valence-electron chi connectivity index (χ1n) is 11.3. The smallest absolute Gasteiger partial charge is 0.319 e. The molecular formula is C23H35N5O5S. The highest BCUT2D eigenvalue weighted by Crippen LogP contribution is 2.42. The third kappa shape index (κ3) is 7.03. The van der Waals surface area contributed by atoms with Crippen molar-refractivity contribution >= 4 is 28.1 Å². The number of aliphatic hydroxyl groups is 1. The molecule has 0 saturated carbocycles. The zero-order chi connectivity index (χ0) is 24.9. The minimum atomic E-state index is -2.78. The largest absolute Gasteiger partial charge is 0.394 e. The minimum absolute atomic E-state index is 0.0607. The van der Waals surface area contributed by atoms with Gasteiger partial charge in [0.1, 0.15) is 5.82 Å². The molecule has 2 amide bonds. The molecule has 34 heavy (non-hydrogen) atoms. The summed E-state index contributed by atoms with van der Waals surface area (Å²) in [5, 5.41) is 14.8. The van der Waals surface area contributed by atoms with Crippen molar-refractivity contribution in [2.45, 2.75) is 45.0 Å². The van der Waals surface area contributed by atoms with Crippen molar-refractivity contribution in [2.24, 2.45) is 0 Å². The standard InChI is InChI=1S/C23H35N5O5S/c1-5-34(31,32)14-19-12-20(28-10-11-33-13-16(28)2)26-21(24-19)17-6-8-18(9-7-17)25-22(30)27-23(3,4)15-29/h6-9,12,16,29,31-32H,5,10-11,13-15H2,1-4H3,(H2,25,27,30)/t16-/m0/s1. The lowest BCUT2D eigenvalue weighted by Gasteiger charge is -2.35. The first kappa shape index (κ1) is 26.2. The van der Waals surface area contributed by atoms with Gasteiger partial charge in [-0.25, -0.2) is 14.8 Å². The van der Waals surface area contributed by atoms with Crippen LogP contribution >= 0.6 is 10.6 Å². The molecule has 0 radical (unpaired) electrons. The number of carbonyl (C=O) groups excluding carboxylic acids is 1. The summed E-state index contributed by atoms with van der Waals surface area (Å²) in [6, 6.07) is 8.62. The fourth-order valence-electron chi connectivity index (χ4n) is 3.45. The molecule has 188 valence electrons. The van der Waals surface area contributed by atoms with Gasteiger partial charge < -0.3 is 25.4 Å². The number of nitrogens with one attached hydrogen (secondary N) is 2. The van der Waals surface area contributed by atoms with Crippen LogP contribution in [0.1, 0.15) is 33.4 Å². The Labute approximate surface area is 202 Å². The number of hydrogen-bond donors (Lipinski definition) is 5. The minimum Gasteiger partial charge on any atom is -0.394 e. The van der Waals surface area contributed by atoms with Gasteiger partial charge in [-0.2, -0.15) is 10.6 Å². The predicted molar refractivity (Wildman–Crippen MR) is 136 cm³/mol. The number of amides is 2. The van der Waals surface area contributed by atoms with E-state index >= 15 is 0 Å². The van der Waals surface area contributed by atoms with Crippen LogP contribution in [0.5, 0.6) is 0 Å². The maximum atomic E-state index is 12.2. The lowest BCUT2D eigenvalue weighted by atomic mass is 10.1. The molecule has 1 aromatic carbocycles. The number of aliphatic hydroxyl groups excluding tert-OH is 1. The third-order valence-corrected chi connectivity index (χ3v) is 7.20. The van der Waals surface area contributed by atoms with E-state index in [2.05, 4.69) is 27.4 Å². The quantitative estimate of drug-likeness (QED) is 0.376. The van der Waals surface area contributed by atoms with Gasteiger partial charge in [-0.15, -0.1) is 0 Å². The first-order chi connectivity index (χ1) is 16.0. The Morgan fingerprint density at radius 2 is 1.97 bits per heavy atom. The Hall–Kier alpha value is -2.44. The number of ether oxygens (including phenoxy) is 1. The summed E-state index contributed by atoms with van der Waals surface area (Å²) in [7, 11) is -2.78. The van der Waals surface area contributed by atoms with Crippen LogP contribution in [-0.4, -0.2) is 73.9 Å². The van der Waals surface area contributed by atoms with Crippen molar-refractivity contribution in [1.29, 1.82) is 0 Å². The number of nitrogens with zero attached hydrogens (tertiary/aromatic N) is 3. The van der Waals surface area contributed by atoms with Crippen LogP contribution in [0.25, 0.3) is 11.4 Å². The second kappa shape index (κ2) is 10.9. The Bertz CT molecular complexity index is 986. The van der Waals surface area contributed by atoms with Crippen LogP contribution in [-0.2, 0) is 10.5 Å². The van der Waals surface area contributed by atoms with Crippen LogP contribution in [0.15, 0.2) is 30.3 Å². The van der Waals surface area contributed by atoms with E-state index in [9.17, 15) is 19.0 Å². The molecule has 10 nitrogen and oxygen atoms in total. The Morgan fingerprint density at radius 3 is 2.59 bits per heavy atom. The highest BCUT2D eigenvalue weighted by atomic mass is 32.3. The van der Waals surface area contributed by atoms with E-state index in [1.54, 1.807) is 45.0 Å². The average Bonchev–Trinajstić information content (AvgIpc) is 2.79. The van der Waals surface area contributed by atoms with Gasteiger partial charge in [0.2, 0.25) is 0 Å². The molecule has 1 saturated heterocycles. The Balaban J connectivity index is 1.87. The van der Waals surface area contributed by atoms with Crippen molar-refractivity contribution in [1.82, 2.24) is 15.3 Å². The average molecular weight is 494 g/mol. The van der Waals surface area contributed by atoms with E-state index in [1.165, 1.54) is 0 Å². The van der Waals surface area contributed by atoms with Crippen LogP contribution < -0.4 is 15.5 Å². The molecule has 0 bridgehead atoms. The molecule has 0 aliphatic carbocycles. The fraction of sp³-hybridized carbons (Fsp3) is 0.522. The fourth-order valence-corrected chi connectivity index (χ4v) is 4.28. The van der Waals surface area contributed by atoms with E-state index in [-0.39, 0.29) is 24.2 Å². The van der Waals surface area contributed by atoms with E-state index < -0.39 is 22.2 Å². The molecule has 1 aliphatic rings. The summed E-state index contributed by atoms with van der Waals surface area (Å²) in [5.74, 6) is 1.50. The summed E-state index contributed by atoms with van der Waals surface area (Å²) in [6.07, 6.45) is 0. The summed E-state index contributed by atoms with van der Waals surface area (Å²) in [4.78, 5) is 23.7. The van der Waals surface area contributed by atoms with Gasteiger partial charge in [-0.05, 0) is 52.0 Å². The van der Waals surface area contributed by atoms with Gasteiger partial charge in [0.25, 0.3) is 0 Å². The monoisotopic (exact) mass is 493 g/mol. The lowest BCUT2D eigenvalue weighted by molar-refractivity contribution is 0.0985. The van der Waals surface area contributed by atoms with Crippen molar-refractivity contribution in [2.75, 3.05) is 42.3 Å². The molecule has 1 aromatic heterocycles. The number of hydrogen-bond acceptors (Lipinski definition) is 8. The Morgan fingerprint density at radius 1 is 1.26 bits per heavy atom. The van der Waals surface area contributed by atoms with E-state index in [0.29, 0.717) is 37.0 Å². The summed E-state index contributed by atoms with van der Waals surface area (Å²) < 4.78 is 26.1. The zero-order valence-corrected chi connectivity index (χ0v) is 20.9. The molecular weight excluding hydrogens is 458 g/mol. The van der Waals surface area contributed by atoms with Crippen LogP contribution in [0, 0.1) is 0 Å². The molecule has 1 atom stereocenters. The van der Waals surface area contributed by atoms with Gasteiger partial charge in [0.15, 0.2) is 5.82 Å². The lowest BCUT2D eigenvalue weighted by Crippen LogP contribution is -2.48. The highest BCUT2D eigenvalue weighted by molar-refractivity contribution is 8.23. The number of urea groups is 1. The van der Waals surface area contributed by atoms with E-state index in [4.69, 9.17) is 9.72 Å². The molecule has 3 rings (SSSR count). The molecule has 11 heteroatoms. The van der Waals surface area contributed by atoms with Crippen LogP contribution in [0.2, 0.25) is 0 Å². The number of morpholine rings is 1. The predicted octanol–water partition coefficient (Wildman–Crippen LogP) is 3.53. The second-order valence-corrected chi connectivity index (χ2v) is 11.6. The SMILES string of the molecule is CCS(O)(O)Cc1cc(N2CCOC[C@@H]2C)nc(-c2ccc(NC(=O)NC(C)(C)CO)cc2)n1. The topological polar surface area (TPSA) is 140 Å². The van der Waals surface area contributed by atoms with Gasteiger partial charge >= 0.3 is 6.03 Å². The molecule has 0 spiro atoms. The zero-order valence-electron chi connectivity index (χ0n) is 20.1. The summed E-state index contributed by atoms with van der Waals surface area (Å²) >= 11 is 0. The van der Waals surface area contributed by atoms with E-state index in [1.807, 2.05) is 6.07 Å². The second-order valence-electron chi connectivity index (χ2n) is 9.09. The first-order valence-corrected chi connectivity index (χ1v) is 13.2. The van der Waals surface area contributed by atoms with Crippen molar-refractivity contribution < 1.29 is 23.7 Å². The maximum Gasteiger partial charge on any atom is 0.319 e. The maximum absolute atomic E-state index is 12.2. The van der Waals surface area contributed by atoms with Gasteiger partial charge in [0, 0.05) is 29.6 Å². The number of benzene rings is 1. The van der Waals surface area contributed by atoms with Crippen molar-refractivity contribution in [3.05, 3.63) is 36.0 Å². The number of carbonyl (C=O) groups is 1. The summed E-state index contributed by atoms with van der Waals surface area (Å²) in [5.41, 5.74) is 1.14. The number of aromatic nitrogens is 2. The number of anilines is 2. The van der Waals surface area contributed by atoms with E-state index in [0.717, 1.165) is 11.4 Å². The molecule has 1 fully saturated rings. The third-order valence-electron chi connectivity index (χ3n) is 5.52. The van der Waals surface area contributed by atoms with Gasteiger partial charge in [-0.3, -0.25) is 9.11 Å². The molecule has 0 unspecified atom stereocenters. The van der Waals surface area contributed by atoms with Crippen molar-refractivity contribution in [3.8, 4) is 11.4 Å². The van der Waals surface area contributed by atoms with Gasteiger partial charge in [-0.1, -0.05) is 0 Å². The molecule has 1 aliphatic heterocycles. The number of rotatable bonds is 8. The van der Waals surface area contributed by atoms with Crippen molar-refractivity contribution in [3.63, 3.8) is 0 Å². The van der Waals surface area contributed by atoms with Crippen LogP contribution in [0.3, 0.4) is 0 Å². The molecule has 5 N–H and O–H groups in total. The van der Waals surface area contributed by atoms with Crippen LogP contribution in [0.4, 0.5) is 16.3 Å². The Kier molecular flexibility index (Phi) is 8.37. The normalized spacial score (nSPS) is 17.4. The highest BCUT2D eigenvalue weighted by Gasteiger charge is 2.23. The molecule has 2 aromatic rings. The summed E-state index contributed by atoms with van der Waals surface area (Å²) in [6.45, 7) is 8.94. The molecule has 2 heterocycles. The van der Waals surface area contributed by atoms with Gasteiger partial charge in [0.05, 0.1) is 42.8 Å².